The van der Waals surface area contributed by atoms with E-state index in [9.17, 15) is 4.79 Å². The van der Waals surface area contributed by atoms with Gasteiger partial charge in [0.1, 0.15) is 0 Å². The van der Waals surface area contributed by atoms with Gasteiger partial charge in [0.2, 0.25) is 0 Å². The van der Waals surface area contributed by atoms with Crippen LogP contribution in [0.1, 0.15) is 48.8 Å². The van der Waals surface area contributed by atoms with E-state index in [-0.39, 0.29) is 5.91 Å². The molecule has 1 aromatic carbocycles. The lowest BCUT2D eigenvalue weighted by Gasteiger charge is -2.26. The van der Waals surface area contributed by atoms with Gasteiger partial charge in [-0.15, -0.1) is 0 Å². The Kier molecular flexibility index (Phi) is 4.27. The summed E-state index contributed by atoms with van der Waals surface area (Å²) in [5.41, 5.74) is 2.44. The van der Waals surface area contributed by atoms with Crippen molar-refractivity contribution in [2.45, 2.75) is 45.6 Å². The van der Waals surface area contributed by atoms with Crippen molar-refractivity contribution in [3.63, 3.8) is 0 Å². The quantitative estimate of drug-likeness (QED) is 0.942. The molecule has 0 unspecified atom stereocenters. The fraction of sp³-hybridized carbons (Fsp3) is 0.444. The van der Waals surface area contributed by atoms with Crippen LogP contribution in [0.5, 0.6) is 0 Å². The minimum atomic E-state index is -0.0580. The Morgan fingerprint density at radius 2 is 1.86 bits per heavy atom. The molecule has 1 heterocycles. The molecule has 4 nitrogen and oxygen atoms in total. The second-order valence-electron chi connectivity index (χ2n) is 6.35. The number of hydrogen-bond acceptors (Lipinski definition) is 2. The van der Waals surface area contributed by atoms with Gasteiger partial charge in [0.15, 0.2) is 5.69 Å². The average molecular weight is 297 g/mol. The normalized spacial score (nSPS) is 21.5. The van der Waals surface area contributed by atoms with E-state index in [1.54, 1.807) is 0 Å². The highest BCUT2D eigenvalue weighted by Gasteiger charge is 2.21. The van der Waals surface area contributed by atoms with Crippen LogP contribution in [0.15, 0.2) is 36.4 Å². The number of rotatable bonds is 3. The van der Waals surface area contributed by atoms with Crippen molar-refractivity contribution in [2.75, 3.05) is 0 Å². The highest BCUT2D eigenvalue weighted by molar-refractivity contribution is 5.92. The first-order valence-corrected chi connectivity index (χ1v) is 8.06. The summed E-state index contributed by atoms with van der Waals surface area (Å²) in [5, 5.41) is 7.60. The predicted octanol–water partition coefficient (Wildman–Crippen LogP) is 3.49. The van der Waals surface area contributed by atoms with Gasteiger partial charge in [-0.1, -0.05) is 25.1 Å². The van der Waals surface area contributed by atoms with Gasteiger partial charge < -0.3 is 5.32 Å². The summed E-state index contributed by atoms with van der Waals surface area (Å²) >= 11 is 0. The summed E-state index contributed by atoms with van der Waals surface area (Å²) in [4.78, 5) is 12.4. The number of carbonyl (C=O) groups excluding carboxylic acids is 1. The molecule has 0 aliphatic heterocycles. The Bertz CT molecular complexity index is 640. The van der Waals surface area contributed by atoms with Gasteiger partial charge in [0.25, 0.3) is 5.91 Å². The van der Waals surface area contributed by atoms with Crippen LogP contribution in [-0.2, 0) is 0 Å². The zero-order valence-electron chi connectivity index (χ0n) is 13.2. The molecule has 3 rings (SSSR count). The minimum absolute atomic E-state index is 0.0580. The van der Waals surface area contributed by atoms with Crippen LogP contribution in [-0.4, -0.2) is 21.7 Å². The minimum Gasteiger partial charge on any atom is -0.348 e. The standard InChI is InChI=1S/C18H23N3O/c1-13-8-10-15(11-9-13)19-18(22)17-12-14(2)21(20-17)16-6-4-3-5-7-16/h3-7,12-13,15H,8-11H2,1-2H3,(H,19,22). The third-order valence-corrected chi connectivity index (χ3v) is 4.47. The molecule has 1 N–H and O–H groups in total. The molecule has 1 aliphatic carbocycles. The molecule has 0 saturated heterocycles. The van der Waals surface area contributed by atoms with Crippen molar-refractivity contribution in [3.8, 4) is 5.69 Å². The van der Waals surface area contributed by atoms with E-state index in [0.717, 1.165) is 30.1 Å². The van der Waals surface area contributed by atoms with Crippen molar-refractivity contribution in [1.82, 2.24) is 15.1 Å². The van der Waals surface area contributed by atoms with Crippen molar-refractivity contribution in [3.05, 3.63) is 47.8 Å². The Morgan fingerprint density at radius 3 is 2.55 bits per heavy atom. The number of carbonyl (C=O) groups is 1. The second-order valence-corrected chi connectivity index (χ2v) is 6.35. The van der Waals surface area contributed by atoms with Gasteiger partial charge in [0.05, 0.1) is 5.69 Å². The van der Waals surface area contributed by atoms with E-state index in [0.29, 0.717) is 11.7 Å². The maximum Gasteiger partial charge on any atom is 0.272 e. The molecule has 22 heavy (non-hydrogen) atoms. The summed E-state index contributed by atoms with van der Waals surface area (Å²) in [5.74, 6) is 0.727. The Hall–Kier alpha value is -2.10. The van der Waals surface area contributed by atoms with Gasteiger partial charge in [-0.25, -0.2) is 4.68 Å². The molecule has 0 radical (unpaired) electrons. The van der Waals surface area contributed by atoms with E-state index in [2.05, 4.69) is 17.3 Å². The van der Waals surface area contributed by atoms with E-state index in [1.165, 1.54) is 12.8 Å². The van der Waals surface area contributed by atoms with Gasteiger partial charge in [-0.3, -0.25) is 4.79 Å². The molecule has 0 atom stereocenters. The van der Waals surface area contributed by atoms with Crippen LogP contribution in [0.4, 0.5) is 0 Å². The number of hydrogen-bond donors (Lipinski definition) is 1. The van der Waals surface area contributed by atoms with Crippen molar-refractivity contribution >= 4 is 5.91 Å². The molecule has 1 aromatic heterocycles. The van der Waals surface area contributed by atoms with E-state index in [1.807, 2.05) is 48.0 Å². The summed E-state index contributed by atoms with van der Waals surface area (Å²) in [7, 11) is 0. The molecular formula is C18H23N3O. The summed E-state index contributed by atoms with van der Waals surface area (Å²) in [6, 6.07) is 12.0. The molecule has 116 valence electrons. The topological polar surface area (TPSA) is 46.9 Å². The van der Waals surface area contributed by atoms with E-state index in [4.69, 9.17) is 0 Å². The molecule has 2 aromatic rings. The van der Waals surface area contributed by atoms with Crippen LogP contribution in [0.3, 0.4) is 0 Å². The summed E-state index contributed by atoms with van der Waals surface area (Å²) < 4.78 is 1.82. The van der Waals surface area contributed by atoms with E-state index >= 15 is 0 Å². The van der Waals surface area contributed by atoms with Crippen molar-refractivity contribution in [2.24, 2.45) is 5.92 Å². The van der Waals surface area contributed by atoms with Crippen LogP contribution in [0, 0.1) is 12.8 Å². The number of amides is 1. The zero-order valence-corrected chi connectivity index (χ0v) is 13.2. The van der Waals surface area contributed by atoms with Crippen molar-refractivity contribution < 1.29 is 4.79 Å². The van der Waals surface area contributed by atoms with Gasteiger partial charge >= 0.3 is 0 Å². The van der Waals surface area contributed by atoms with Crippen LogP contribution in [0.2, 0.25) is 0 Å². The van der Waals surface area contributed by atoms with Gasteiger partial charge in [-0.2, -0.15) is 5.10 Å². The number of aryl methyl sites for hydroxylation is 1. The molecule has 1 amide bonds. The zero-order chi connectivity index (χ0) is 15.5. The van der Waals surface area contributed by atoms with E-state index < -0.39 is 0 Å². The maximum atomic E-state index is 12.4. The number of nitrogens with one attached hydrogen (secondary N) is 1. The SMILES string of the molecule is Cc1cc(C(=O)NC2CCC(C)CC2)nn1-c1ccccc1. The number of aromatic nitrogens is 2. The smallest absolute Gasteiger partial charge is 0.272 e. The van der Waals surface area contributed by atoms with Gasteiger partial charge in [-0.05, 0) is 56.7 Å². The molecule has 0 bridgehead atoms. The Morgan fingerprint density at radius 1 is 1.18 bits per heavy atom. The molecule has 1 aliphatic rings. The summed E-state index contributed by atoms with van der Waals surface area (Å²) in [6.07, 6.45) is 4.54. The van der Waals surface area contributed by atoms with Crippen molar-refractivity contribution in [1.29, 1.82) is 0 Å². The summed E-state index contributed by atoms with van der Waals surface area (Å²) in [6.45, 7) is 4.25. The number of benzene rings is 1. The molecule has 1 saturated carbocycles. The average Bonchev–Trinajstić information content (AvgIpc) is 2.92. The Labute approximate surface area is 131 Å². The van der Waals surface area contributed by atoms with Crippen LogP contribution < -0.4 is 5.32 Å². The Balaban J connectivity index is 1.71. The number of para-hydroxylation sites is 1. The molecule has 0 spiro atoms. The third-order valence-electron chi connectivity index (χ3n) is 4.47. The third kappa shape index (κ3) is 3.21. The molecular weight excluding hydrogens is 274 g/mol. The number of nitrogens with zero attached hydrogens (tertiary/aromatic N) is 2. The maximum absolute atomic E-state index is 12.4. The lowest BCUT2D eigenvalue weighted by atomic mass is 9.87. The first-order valence-electron chi connectivity index (χ1n) is 8.06. The molecule has 1 fully saturated rings. The highest BCUT2D eigenvalue weighted by Crippen LogP contribution is 2.23. The highest BCUT2D eigenvalue weighted by atomic mass is 16.2. The predicted molar refractivity (Wildman–Crippen MR) is 87.2 cm³/mol. The fourth-order valence-corrected chi connectivity index (χ4v) is 3.08. The lowest BCUT2D eigenvalue weighted by Crippen LogP contribution is -2.37. The monoisotopic (exact) mass is 297 g/mol. The molecule has 4 heteroatoms. The van der Waals surface area contributed by atoms with Crippen LogP contribution >= 0.6 is 0 Å². The largest absolute Gasteiger partial charge is 0.348 e. The van der Waals surface area contributed by atoms with Gasteiger partial charge in [0, 0.05) is 11.7 Å². The lowest BCUT2D eigenvalue weighted by molar-refractivity contribution is 0.0917. The fourth-order valence-electron chi connectivity index (χ4n) is 3.08. The second kappa shape index (κ2) is 6.34. The first-order chi connectivity index (χ1) is 10.6. The first kappa shape index (κ1) is 14.8. The van der Waals surface area contributed by atoms with Crippen LogP contribution in [0.25, 0.3) is 5.69 Å².